The molecule has 3 rings (SSSR count). The lowest BCUT2D eigenvalue weighted by atomic mass is 10.1. The standard InChI is InChI=1S/C15H11ClFN3O/c1-18-15-19-8-12(17)14(20-15)21-13-7-6-11(16)9-4-2-3-5-10(9)13/h2-8H,1H3,(H,18,19,20). The Bertz CT molecular complexity index is 810. The zero-order chi connectivity index (χ0) is 14.8. The summed E-state index contributed by atoms with van der Waals surface area (Å²) in [7, 11) is 1.65. The van der Waals surface area contributed by atoms with E-state index in [1.165, 1.54) is 0 Å². The minimum atomic E-state index is -0.631. The second-order valence-electron chi connectivity index (χ2n) is 4.29. The fourth-order valence-electron chi connectivity index (χ4n) is 1.97. The van der Waals surface area contributed by atoms with Gasteiger partial charge >= 0.3 is 0 Å². The van der Waals surface area contributed by atoms with Crippen molar-refractivity contribution in [1.82, 2.24) is 9.97 Å². The maximum absolute atomic E-state index is 13.8. The van der Waals surface area contributed by atoms with E-state index in [4.69, 9.17) is 16.3 Å². The molecular weight excluding hydrogens is 293 g/mol. The first kappa shape index (κ1) is 13.6. The molecule has 0 spiro atoms. The van der Waals surface area contributed by atoms with Crippen molar-refractivity contribution in [3.05, 3.63) is 53.4 Å². The molecule has 0 unspecified atom stereocenters. The molecule has 0 bridgehead atoms. The van der Waals surface area contributed by atoms with E-state index in [0.29, 0.717) is 10.8 Å². The monoisotopic (exact) mass is 303 g/mol. The number of halogens is 2. The van der Waals surface area contributed by atoms with E-state index in [-0.39, 0.29) is 11.8 Å². The summed E-state index contributed by atoms with van der Waals surface area (Å²) < 4.78 is 19.4. The summed E-state index contributed by atoms with van der Waals surface area (Å²) in [6, 6.07) is 10.9. The number of anilines is 1. The Hall–Kier alpha value is -2.40. The predicted molar refractivity (Wildman–Crippen MR) is 80.6 cm³/mol. The van der Waals surface area contributed by atoms with Crippen LogP contribution >= 0.6 is 11.6 Å². The first-order valence-electron chi connectivity index (χ1n) is 6.24. The van der Waals surface area contributed by atoms with Crippen LogP contribution in [0, 0.1) is 5.82 Å². The Morgan fingerprint density at radius 3 is 2.67 bits per heavy atom. The van der Waals surface area contributed by atoms with Gasteiger partial charge in [-0.3, -0.25) is 0 Å². The minimum absolute atomic E-state index is 0.137. The van der Waals surface area contributed by atoms with Crippen LogP contribution in [0.5, 0.6) is 11.6 Å². The predicted octanol–water partition coefficient (Wildman–Crippen LogP) is 4.26. The van der Waals surface area contributed by atoms with E-state index in [1.807, 2.05) is 24.3 Å². The first-order valence-corrected chi connectivity index (χ1v) is 6.62. The molecule has 0 atom stereocenters. The molecule has 0 aliphatic rings. The Morgan fingerprint density at radius 1 is 1.14 bits per heavy atom. The van der Waals surface area contributed by atoms with Crippen molar-refractivity contribution in [2.24, 2.45) is 0 Å². The van der Waals surface area contributed by atoms with Crippen LogP contribution in [0.4, 0.5) is 10.3 Å². The number of rotatable bonds is 3. The highest BCUT2D eigenvalue weighted by atomic mass is 35.5. The molecule has 0 saturated carbocycles. The van der Waals surface area contributed by atoms with Crippen molar-refractivity contribution in [2.45, 2.75) is 0 Å². The van der Waals surface area contributed by atoms with Crippen LogP contribution in [-0.2, 0) is 0 Å². The quantitative estimate of drug-likeness (QED) is 0.785. The molecule has 21 heavy (non-hydrogen) atoms. The van der Waals surface area contributed by atoms with E-state index in [2.05, 4.69) is 15.3 Å². The number of nitrogens with zero attached hydrogens (tertiary/aromatic N) is 2. The van der Waals surface area contributed by atoms with Crippen molar-refractivity contribution in [2.75, 3.05) is 12.4 Å². The summed E-state index contributed by atoms with van der Waals surface area (Å²) in [5, 5.41) is 4.96. The lowest BCUT2D eigenvalue weighted by Crippen LogP contribution is -2.00. The number of ether oxygens (including phenoxy) is 1. The summed E-state index contributed by atoms with van der Waals surface area (Å²) in [6.07, 6.45) is 1.06. The van der Waals surface area contributed by atoms with Gasteiger partial charge in [0.25, 0.3) is 5.88 Å². The number of hydrogen-bond acceptors (Lipinski definition) is 4. The Labute approximate surface area is 125 Å². The van der Waals surface area contributed by atoms with Gasteiger partial charge < -0.3 is 10.1 Å². The molecule has 4 nitrogen and oxygen atoms in total. The molecule has 1 aromatic heterocycles. The van der Waals surface area contributed by atoms with Gasteiger partial charge in [0.15, 0.2) is 0 Å². The highest BCUT2D eigenvalue weighted by Crippen LogP contribution is 2.34. The molecule has 0 saturated heterocycles. The third-order valence-electron chi connectivity index (χ3n) is 2.97. The second-order valence-corrected chi connectivity index (χ2v) is 4.70. The molecule has 2 aromatic carbocycles. The molecule has 6 heteroatoms. The van der Waals surface area contributed by atoms with E-state index in [0.717, 1.165) is 17.0 Å². The van der Waals surface area contributed by atoms with E-state index < -0.39 is 5.82 Å². The molecule has 1 N–H and O–H groups in total. The lowest BCUT2D eigenvalue weighted by Gasteiger charge is -2.10. The molecule has 0 amide bonds. The summed E-state index contributed by atoms with van der Waals surface area (Å²) in [5.74, 6) is -0.00539. The molecule has 0 fully saturated rings. The van der Waals surface area contributed by atoms with E-state index >= 15 is 0 Å². The zero-order valence-electron chi connectivity index (χ0n) is 11.1. The van der Waals surface area contributed by atoms with Gasteiger partial charge in [-0.25, -0.2) is 4.98 Å². The van der Waals surface area contributed by atoms with Crippen LogP contribution in [0.3, 0.4) is 0 Å². The Balaban J connectivity index is 2.08. The van der Waals surface area contributed by atoms with Crippen LogP contribution in [-0.4, -0.2) is 17.0 Å². The lowest BCUT2D eigenvalue weighted by molar-refractivity contribution is 0.424. The van der Waals surface area contributed by atoms with Crippen molar-refractivity contribution in [3.8, 4) is 11.6 Å². The van der Waals surface area contributed by atoms with Gasteiger partial charge in [-0.05, 0) is 12.1 Å². The summed E-state index contributed by atoms with van der Waals surface area (Å²) in [6.45, 7) is 0. The average Bonchev–Trinajstić information content (AvgIpc) is 2.52. The molecule has 0 aliphatic heterocycles. The van der Waals surface area contributed by atoms with Gasteiger partial charge in [0.2, 0.25) is 11.8 Å². The SMILES string of the molecule is CNc1ncc(F)c(Oc2ccc(Cl)c3ccccc23)n1. The number of nitrogens with one attached hydrogen (secondary N) is 1. The summed E-state index contributed by atoms with van der Waals surface area (Å²) >= 11 is 6.15. The largest absolute Gasteiger partial charge is 0.436 e. The molecule has 0 aliphatic carbocycles. The molecule has 0 radical (unpaired) electrons. The third kappa shape index (κ3) is 2.60. The fraction of sp³-hybridized carbons (Fsp3) is 0.0667. The van der Waals surface area contributed by atoms with Crippen LogP contribution in [0.1, 0.15) is 0 Å². The summed E-state index contributed by atoms with van der Waals surface area (Å²) in [4.78, 5) is 7.74. The maximum atomic E-state index is 13.8. The average molecular weight is 304 g/mol. The molecule has 106 valence electrons. The van der Waals surface area contributed by atoms with Crippen molar-refractivity contribution in [3.63, 3.8) is 0 Å². The molecule has 3 aromatic rings. The molecular formula is C15H11ClFN3O. The van der Waals surface area contributed by atoms with Gasteiger partial charge in [-0.15, -0.1) is 0 Å². The Morgan fingerprint density at radius 2 is 1.90 bits per heavy atom. The van der Waals surface area contributed by atoms with Gasteiger partial charge in [0.1, 0.15) is 5.75 Å². The second kappa shape index (κ2) is 5.54. The smallest absolute Gasteiger partial charge is 0.260 e. The minimum Gasteiger partial charge on any atom is -0.436 e. The topological polar surface area (TPSA) is 47.0 Å². The highest BCUT2D eigenvalue weighted by Gasteiger charge is 2.12. The maximum Gasteiger partial charge on any atom is 0.260 e. The number of benzene rings is 2. The normalized spacial score (nSPS) is 10.6. The van der Waals surface area contributed by atoms with Gasteiger partial charge in [0.05, 0.1) is 6.20 Å². The van der Waals surface area contributed by atoms with Crippen molar-refractivity contribution >= 4 is 28.3 Å². The van der Waals surface area contributed by atoms with E-state index in [1.54, 1.807) is 19.2 Å². The van der Waals surface area contributed by atoms with Crippen LogP contribution in [0.15, 0.2) is 42.6 Å². The summed E-state index contributed by atoms with van der Waals surface area (Å²) in [5.41, 5.74) is 0. The highest BCUT2D eigenvalue weighted by molar-refractivity contribution is 6.35. The number of fused-ring (bicyclic) bond motifs is 1. The van der Waals surface area contributed by atoms with Crippen LogP contribution in [0.25, 0.3) is 10.8 Å². The number of aromatic nitrogens is 2. The van der Waals surface area contributed by atoms with Crippen molar-refractivity contribution in [1.29, 1.82) is 0 Å². The third-order valence-corrected chi connectivity index (χ3v) is 3.30. The van der Waals surface area contributed by atoms with Crippen LogP contribution in [0.2, 0.25) is 5.02 Å². The molecule has 1 heterocycles. The zero-order valence-corrected chi connectivity index (χ0v) is 11.9. The van der Waals surface area contributed by atoms with E-state index in [9.17, 15) is 4.39 Å². The van der Waals surface area contributed by atoms with Gasteiger partial charge in [-0.2, -0.15) is 9.37 Å². The Kier molecular flexibility index (Phi) is 3.58. The van der Waals surface area contributed by atoms with Gasteiger partial charge in [0, 0.05) is 22.8 Å². The van der Waals surface area contributed by atoms with Crippen molar-refractivity contribution < 1.29 is 9.13 Å². The fourth-order valence-corrected chi connectivity index (χ4v) is 2.20. The number of hydrogen-bond donors (Lipinski definition) is 1. The van der Waals surface area contributed by atoms with Crippen LogP contribution < -0.4 is 10.1 Å². The first-order chi connectivity index (χ1) is 10.2. The van der Waals surface area contributed by atoms with Gasteiger partial charge in [-0.1, -0.05) is 35.9 Å².